The summed E-state index contributed by atoms with van der Waals surface area (Å²) in [5.41, 5.74) is 1.65. The number of hydrogen-bond donors (Lipinski definition) is 1. The van der Waals surface area contributed by atoms with E-state index in [9.17, 15) is 14.3 Å². The Morgan fingerprint density at radius 1 is 1.09 bits per heavy atom. The van der Waals surface area contributed by atoms with Crippen LogP contribution in [0, 0.1) is 0 Å². The number of hydrogen-bond acceptors (Lipinski definition) is 3. The highest BCUT2D eigenvalue weighted by atomic mass is 31.1. The SMILES string of the molecule is CC(C(=O)OCCCc1ccccc1)(c1ccccc1)[P+](=O)O. The van der Waals surface area contributed by atoms with Crippen LogP contribution in [0.4, 0.5) is 0 Å². The Hall–Kier alpha value is -2.03. The monoisotopic (exact) mass is 331 g/mol. The van der Waals surface area contributed by atoms with Crippen molar-refractivity contribution < 1.29 is 19.0 Å². The lowest BCUT2D eigenvalue weighted by atomic mass is 10.0. The van der Waals surface area contributed by atoms with Crippen LogP contribution < -0.4 is 0 Å². The summed E-state index contributed by atoms with van der Waals surface area (Å²) in [5, 5.41) is -1.54. The number of benzene rings is 2. The van der Waals surface area contributed by atoms with Crippen LogP contribution in [0.15, 0.2) is 60.7 Å². The zero-order valence-corrected chi connectivity index (χ0v) is 13.9. The molecule has 0 saturated heterocycles. The fourth-order valence-electron chi connectivity index (χ4n) is 2.30. The van der Waals surface area contributed by atoms with E-state index < -0.39 is 19.2 Å². The van der Waals surface area contributed by atoms with Crippen molar-refractivity contribution >= 4 is 14.0 Å². The molecule has 120 valence electrons. The van der Waals surface area contributed by atoms with Crippen molar-refractivity contribution in [3.8, 4) is 0 Å². The predicted octanol–water partition coefficient (Wildman–Crippen LogP) is 3.81. The van der Waals surface area contributed by atoms with Crippen molar-refractivity contribution in [2.45, 2.75) is 24.9 Å². The highest BCUT2D eigenvalue weighted by molar-refractivity contribution is 7.41. The minimum atomic E-state index is -2.75. The van der Waals surface area contributed by atoms with Gasteiger partial charge >= 0.3 is 19.2 Å². The van der Waals surface area contributed by atoms with E-state index in [4.69, 9.17) is 4.74 Å². The summed E-state index contributed by atoms with van der Waals surface area (Å²) in [5.74, 6) is -0.666. The molecular weight excluding hydrogens is 311 g/mol. The quantitative estimate of drug-likeness (QED) is 0.476. The van der Waals surface area contributed by atoms with E-state index in [0.717, 1.165) is 6.42 Å². The van der Waals surface area contributed by atoms with Gasteiger partial charge in [-0.25, -0.2) is 4.79 Å². The van der Waals surface area contributed by atoms with Crippen LogP contribution in [-0.2, 0) is 25.7 Å². The van der Waals surface area contributed by atoms with Crippen molar-refractivity contribution in [2.24, 2.45) is 0 Å². The summed E-state index contributed by atoms with van der Waals surface area (Å²) in [4.78, 5) is 22.0. The van der Waals surface area contributed by atoms with Gasteiger partial charge in [-0.2, -0.15) is 4.89 Å². The molecule has 2 atom stereocenters. The van der Waals surface area contributed by atoms with Gasteiger partial charge in [-0.05, 0) is 23.0 Å². The normalized spacial score (nSPS) is 13.9. The smallest absolute Gasteiger partial charge is 0.462 e. The Bertz CT molecular complexity index is 657. The van der Waals surface area contributed by atoms with Gasteiger partial charge in [0.15, 0.2) is 0 Å². The minimum absolute atomic E-state index is 0.222. The summed E-state index contributed by atoms with van der Waals surface area (Å²) in [7, 11) is -2.75. The lowest BCUT2D eigenvalue weighted by Crippen LogP contribution is -2.31. The molecule has 2 aromatic rings. The van der Waals surface area contributed by atoms with E-state index >= 15 is 0 Å². The van der Waals surface area contributed by atoms with E-state index in [-0.39, 0.29) is 6.61 Å². The maximum Gasteiger partial charge on any atom is 0.528 e. The molecule has 23 heavy (non-hydrogen) atoms. The zero-order chi connectivity index (χ0) is 16.7. The fraction of sp³-hybridized carbons (Fsp3) is 0.278. The molecule has 0 heterocycles. The van der Waals surface area contributed by atoms with Gasteiger partial charge in [0, 0.05) is 12.5 Å². The fourth-order valence-corrected chi connectivity index (χ4v) is 2.89. The molecule has 0 spiro atoms. The Labute approximate surface area is 137 Å². The second kappa shape index (κ2) is 8.00. The Balaban J connectivity index is 1.96. The van der Waals surface area contributed by atoms with E-state index in [1.54, 1.807) is 30.3 Å². The lowest BCUT2D eigenvalue weighted by Gasteiger charge is -2.16. The molecule has 2 rings (SSSR count). The van der Waals surface area contributed by atoms with Crippen molar-refractivity contribution in [3.05, 3.63) is 71.8 Å². The Kier molecular flexibility index (Phi) is 6.03. The number of esters is 1. The average molecular weight is 331 g/mol. The second-order valence-electron chi connectivity index (χ2n) is 5.44. The van der Waals surface area contributed by atoms with Gasteiger partial charge in [0.1, 0.15) is 0 Å². The third-order valence-corrected chi connectivity index (χ3v) is 5.01. The number of rotatable bonds is 7. The highest BCUT2D eigenvalue weighted by Crippen LogP contribution is 2.45. The van der Waals surface area contributed by atoms with Crippen LogP contribution in [0.5, 0.6) is 0 Å². The lowest BCUT2D eigenvalue weighted by molar-refractivity contribution is -0.147. The molecule has 0 fully saturated rings. The molecule has 0 aliphatic carbocycles. The first kappa shape index (κ1) is 17.3. The molecule has 2 aromatic carbocycles. The molecule has 0 aromatic heterocycles. The summed E-state index contributed by atoms with van der Waals surface area (Å²) in [6, 6.07) is 18.5. The number of carbonyl (C=O) groups excluding carboxylic acids is 1. The van der Waals surface area contributed by atoms with Crippen LogP contribution in [0.3, 0.4) is 0 Å². The van der Waals surface area contributed by atoms with Crippen LogP contribution in [0.2, 0.25) is 0 Å². The van der Waals surface area contributed by atoms with Gasteiger partial charge in [0.05, 0.1) is 6.61 Å². The van der Waals surface area contributed by atoms with Crippen molar-refractivity contribution in [2.75, 3.05) is 6.61 Å². The topological polar surface area (TPSA) is 63.6 Å². The van der Waals surface area contributed by atoms with Crippen molar-refractivity contribution in [1.29, 1.82) is 0 Å². The minimum Gasteiger partial charge on any atom is -0.462 e. The van der Waals surface area contributed by atoms with Crippen LogP contribution >= 0.6 is 8.03 Å². The Morgan fingerprint density at radius 2 is 1.65 bits per heavy atom. The predicted molar refractivity (Wildman–Crippen MR) is 89.3 cm³/mol. The third-order valence-electron chi connectivity index (χ3n) is 3.80. The standard InChI is InChI=1S/C18H19O4P/c1-18(23(20)21,16-12-6-3-7-13-16)17(19)22-14-8-11-15-9-4-2-5-10-15/h2-7,9-10,12-13H,8,11,14H2,1H3/p+1. The van der Waals surface area contributed by atoms with Gasteiger partial charge in [0.2, 0.25) is 0 Å². The molecule has 2 unspecified atom stereocenters. The van der Waals surface area contributed by atoms with Gasteiger partial charge < -0.3 is 4.74 Å². The molecular formula is C18H20O4P+. The maximum atomic E-state index is 12.4. The molecule has 1 N–H and O–H groups in total. The first-order chi connectivity index (χ1) is 11.0. The summed E-state index contributed by atoms with van der Waals surface area (Å²) in [6.45, 7) is 1.67. The third kappa shape index (κ3) is 4.25. The van der Waals surface area contributed by atoms with Gasteiger partial charge in [-0.1, -0.05) is 60.7 Å². The van der Waals surface area contributed by atoms with E-state index in [0.29, 0.717) is 12.0 Å². The van der Waals surface area contributed by atoms with Crippen LogP contribution in [0.1, 0.15) is 24.5 Å². The van der Waals surface area contributed by atoms with E-state index in [2.05, 4.69) is 0 Å². The Morgan fingerprint density at radius 3 is 2.22 bits per heavy atom. The molecule has 0 aliphatic rings. The molecule has 0 radical (unpaired) electrons. The summed E-state index contributed by atoms with van der Waals surface area (Å²) >= 11 is 0. The van der Waals surface area contributed by atoms with Crippen LogP contribution in [0.25, 0.3) is 0 Å². The van der Waals surface area contributed by atoms with Gasteiger partial charge in [0.25, 0.3) is 0 Å². The molecule has 5 heteroatoms. The number of ether oxygens (including phenoxy) is 1. The second-order valence-corrected chi connectivity index (χ2v) is 6.88. The molecule has 4 nitrogen and oxygen atoms in total. The van der Waals surface area contributed by atoms with E-state index in [1.165, 1.54) is 12.5 Å². The average Bonchev–Trinajstić information content (AvgIpc) is 2.59. The summed E-state index contributed by atoms with van der Waals surface area (Å²) < 4.78 is 17.0. The van der Waals surface area contributed by atoms with E-state index in [1.807, 2.05) is 30.3 Å². The van der Waals surface area contributed by atoms with Gasteiger partial charge in [-0.3, -0.25) is 0 Å². The summed E-state index contributed by atoms with van der Waals surface area (Å²) in [6.07, 6.45) is 1.46. The molecule has 0 amide bonds. The first-order valence-electron chi connectivity index (χ1n) is 7.48. The van der Waals surface area contributed by atoms with Crippen molar-refractivity contribution in [1.82, 2.24) is 0 Å². The molecule has 0 saturated carbocycles. The van der Waals surface area contributed by atoms with Gasteiger partial charge in [-0.15, -0.1) is 0 Å². The molecule has 0 aliphatic heterocycles. The zero-order valence-electron chi connectivity index (χ0n) is 13.0. The molecule has 0 bridgehead atoms. The van der Waals surface area contributed by atoms with Crippen LogP contribution in [-0.4, -0.2) is 17.5 Å². The first-order valence-corrected chi connectivity index (χ1v) is 8.69. The maximum absolute atomic E-state index is 12.4. The highest BCUT2D eigenvalue weighted by Gasteiger charge is 2.55. The van der Waals surface area contributed by atoms with Crippen molar-refractivity contribution in [3.63, 3.8) is 0 Å². The largest absolute Gasteiger partial charge is 0.528 e. The number of carbonyl (C=O) groups is 1. The number of aryl methyl sites for hydroxylation is 1.